The van der Waals surface area contributed by atoms with Crippen molar-refractivity contribution in [3.8, 4) is 0 Å². The lowest BCUT2D eigenvalue weighted by atomic mass is 10.0. The van der Waals surface area contributed by atoms with E-state index in [4.69, 9.17) is 11.6 Å². The van der Waals surface area contributed by atoms with Crippen molar-refractivity contribution < 1.29 is 9.68 Å². The number of hydrogen-bond acceptors (Lipinski definition) is 3. The van der Waals surface area contributed by atoms with Crippen molar-refractivity contribution >= 4 is 34.2 Å². The molecule has 0 saturated carbocycles. The van der Waals surface area contributed by atoms with Gasteiger partial charge in [0.05, 0.1) is 6.54 Å². The first-order valence-electron chi connectivity index (χ1n) is 8.18. The molecule has 4 rings (SSSR count). The zero-order valence-corrected chi connectivity index (χ0v) is 15.1. The van der Waals surface area contributed by atoms with Gasteiger partial charge >= 0.3 is 5.17 Å². The Bertz CT molecular complexity index is 788. The van der Waals surface area contributed by atoms with Crippen LogP contribution in [0.25, 0.3) is 0 Å². The maximum absolute atomic E-state index is 11.6. The smallest absolute Gasteiger partial charge is 0.316 e. The highest BCUT2D eigenvalue weighted by Gasteiger charge is 2.53. The minimum Gasteiger partial charge on any atom is -0.346 e. The van der Waals surface area contributed by atoms with E-state index >= 15 is 0 Å². The first-order chi connectivity index (χ1) is 11.6. The number of hydrogen-bond donors (Lipinski definition) is 1. The van der Waals surface area contributed by atoms with Crippen LogP contribution in [0.3, 0.4) is 0 Å². The fraction of sp³-hybridized carbons (Fsp3) is 0.316. The van der Waals surface area contributed by atoms with Crippen molar-refractivity contribution in [3.63, 3.8) is 0 Å². The van der Waals surface area contributed by atoms with Crippen molar-refractivity contribution in [1.82, 2.24) is 0 Å². The molecule has 3 nitrogen and oxygen atoms in total. The number of thioether (sulfide) groups is 1. The molecule has 1 N–H and O–H groups in total. The lowest BCUT2D eigenvalue weighted by molar-refractivity contribution is -0.656. The Balaban J connectivity index is 1.78. The van der Waals surface area contributed by atoms with Crippen LogP contribution in [-0.2, 0) is 5.72 Å². The van der Waals surface area contributed by atoms with Crippen molar-refractivity contribution in [2.24, 2.45) is 0 Å². The molecule has 5 heteroatoms. The molecule has 2 aromatic rings. The molecule has 2 aliphatic rings. The summed E-state index contributed by atoms with van der Waals surface area (Å²) in [6.07, 6.45) is 1.08. The van der Waals surface area contributed by atoms with Gasteiger partial charge in [-0.05, 0) is 49.4 Å². The molecule has 2 heterocycles. The van der Waals surface area contributed by atoms with E-state index in [2.05, 4.69) is 28.5 Å². The van der Waals surface area contributed by atoms with E-state index < -0.39 is 5.72 Å². The molecule has 0 aromatic heterocycles. The Labute approximate surface area is 151 Å². The first kappa shape index (κ1) is 16.0. The number of aliphatic hydroxyl groups is 1. The van der Waals surface area contributed by atoms with Gasteiger partial charge in [0.1, 0.15) is 5.69 Å². The number of halogens is 1. The van der Waals surface area contributed by atoms with Gasteiger partial charge in [-0.1, -0.05) is 41.4 Å². The number of amidine groups is 1. The predicted octanol–water partition coefficient (Wildman–Crippen LogP) is 3.82. The van der Waals surface area contributed by atoms with Crippen LogP contribution >= 0.6 is 23.4 Å². The molecule has 2 aromatic carbocycles. The Morgan fingerprint density at radius 2 is 1.83 bits per heavy atom. The van der Waals surface area contributed by atoms with Crippen LogP contribution in [0.2, 0.25) is 5.02 Å². The lowest BCUT2D eigenvalue weighted by Crippen LogP contribution is -2.41. The van der Waals surface area contributed by atoms with E-state index in [9.17, 15) is 5.11 Å². The number of rotatable bonds is 2. The fourth-order valence-corrected chi connectivity index (χ4v) is 4.70. The SMILES string of the molecule is Cc1ccc([C@]2(O)CN(c3ccc(Cl)cc3)C3=[N+]2CCCS3)cc1. The molecule has 0 aliphatic carbocycles. The van der Waals surface area contributed by atoms with E-state index in [0.29, 0.717) is 6.54 Å². The van der Waals surface area contributed by atoms with Crippen LogP contribution in [-0.4, -0.2) is 33.7 Å². The van der Waals surface area contributed by atoms with Crippen LogP contribution in [0.1, 0.15) is 17.5 Å². The highest BCUT2D eigenvalue weighted by molar-refractivity contribution is 8.13. The number of aryl methyl sites for hydroxylation is 1. The Morgan fingerprint density at radius 3 is 2.54 bits per heavy atom. The van der Waals surface area contributed by atoms with Crippen LogP contribution in [0.5, 0.6) is 0 Å². The van der Waals surface area contributed by atoms with Crippen molar-refractivity contribution in [1.29, 1.82) is 0 Å². The molecular formula is C19H20ClN2OS+. The zero-order valence-electron chi connectivity index (χ0n) is 13.6. The van der Waals surface area contributed by atoms with E-state index in [1.807, 2.05) is 48.2 Å². The standard InChI is InChI=1S/C19H20ClN2OS/c1-14-3-5-15(6-4-14)19(23)13-21(17-9-7-16(20)8-10-17)18-22(19)11-2-12-24-18/h3-10,23H,2,11-13H2,1H3/q+1/t19-/m1/s1. The van der Waals surface area contributed by atoms with Crippen molar-refractivity contribution in [2.75, 3.05) is 23.7 Å². The van der Waals surface area contributed by atoms with Gasteiger partial charge in [-0.25, -0.2) is 9.48 Å². The molecule has 0 radical (unpaired) electrons. The quantitative estimate of drug-likeness (QED) is 0.826. The van der Waals surface area contributed by atoms with Gasteiger partial charge in [0.2, 0.25) is 0 Å². The first-order valence-corrected chi connectivity index (χ1v) is 9.54. The summed E-state index contributed by atoms with van der Waals surface area (Å²) in [5.74, 6) is 1.08. The van der Waals surface area contributed by atoms with Crippen LogP contribution in [0.4, 0.5) is 5.69 Å². The summed E-state index contributed by atoms with van der Waals surface area (Å²) in [4.78, 5) is 2.21. The molecular weight excluding hydrogens is 340 g/mol. The van der Waals surface area contributed by atoms with Crippen LogP contribution in [0, 0.1) is 6.92 Å². The summed E-state index contributed by atoms with van der Waals surface area (Å²) in [5, 5.41) is 13.4. The molecule has 0 spiro atoms. The molecule has 1 atom stereocenters. The van der Waals surface area contributed by atoms with E-state index in [0.717, 1.165) is 40.2 Å². The molecule has 124 valence electrons. The lowest BCUT2D eigenvalue weighted by Gasteiger charge is -2.24. The molecule has 0 unspecified atom stereocenters. The molecule has 0 bridgehead atoms. The van der Waals surface area contributed by atoms with Gasteiger partial charge in [0.15, 0.2) is 6.54 Å². The van der Waals surface area contributed by atoms with Crippen molar-refractivity contribution in [2.45, 2.75) is 19.1 Å². The number of benzene rings is 2. The number of β-amino-alcohol motifs (C(OH)–C–C–N with tert-alkyl or cyclic N) is 1. The second-order valence-corrected chi connectivity index (χ2v) is 7.88. The van der Waals surface area contributed by atoms with E-state index in [1.54, 1.807) is 0 Å². The highest BCUT2D eigenvalue weighted by atomic mass is 35.5. The molecule has 0 fully saturated rings. The second-order valence-electron chi connectivity index (χ2n) is 6.38. The monoisotopic (exact) mass is 359 g/mol. The number of anilines is 1. The summed E-state index contributed by atoms with van der Waals surface area (Å²) < 4.78 is 2.15. The molecule has 2 aliphatic heterocycles. The Hall–Kier alpha value is -1.49. The minimum atomic E-state index is -0.990. The zero-order chi connectivity index (χ0) is 16.7. The summed E-state index contributed by atoms with van der Waals surface area (Å²) >= 11 is 7.85. The third-order valence-electron chi connectivity index (χ3n) is 4.70. The van der Waals surface area contributed by atoms with Gasteiger partial charge in [-0.15, -0.1) is 0 Å². The van der Waals surface area contributed by atoms with Gasteiger partial charge in [0.25, 0.3) is 5.72 Å². The highest BCUT2D eigenvalue weighted by Crippen LogP contribution is 2.37. The Morgan fingerprint density at radius 1 is 1.12 bits per heavy atom. The summed E-state index contributed by atoms with van der Waals surface area (Å²) in [6.45, 7) is 3.47. The van der Waals surface area contributed by atoms with Crippen LogP contribution < -0.4 is 4.90 Å². The van der Waals surface area contributed by atoms with Gasteiger partial charge in [-0.3, -0.25) is 0 Å². The normalized spacial score (nSPS) is 23.5. The summed E-state index contributed by atoms with van der Waals surface area (Å²) in [7, 11) is 0. The average molecular weight is 360 g/mol. The topological polar surface area (TPSA) is 26.5 Å². The van der Waals surface area contributed by atoms with E-state index in [1.165, 1.54) is 5.56 Å². The molecule has 24 heavy (non-hydrogen) atoms. The minimum absolute atomic E-state index is 0.528. The summed E-state index contributed by atoms with van der Waals surface area (Å²) in [5.41, 5.74) is 2.23. The van der Waals surface area contributed by atoms with Gasteiger partial charge in [0, 0.05) is 16.3 Å². The fourth-order valence-electron chi connectivity index (χ4n) is 3.39. The summed E-state index contributed by atoms with van der Waals surface area (Å²) in [6, 6.07) is 16.0. The maximum Gasteiger partial charge on any atom is 0.316 e. The third kappa shape index (κ3) is 2.63. The maximum atomic E-state index is 11.6. The Kier molecular flexibility index (Phi) is 4.07. The van der Waals surface area contributed by atoms with Gasteiger partial charge in [-0.2, -0.15) is 0 Å². The van der Waals surface area contributed by atoms with E-state index in [-0.39, 0.29) is 0 Å². The van der Waals surface area contributed by atoms with Crippen LogP contribution in [0.15, 0.2) is 48.5 Å². The average Bonchev–Trinajstić information content (AvgIpc) is 2.91. The molecule has 0 saturated heterocycles. The van der Waals surface area contributed by atoms with Crippen molar-refractivity contribution in [3.05, 3.63) is 64.7 Å². The largest absolute Gasteiger partial charge is 0.346 e. The number of nitrogens with zero attached hydrogens (tertiary/aromatic N) is 2. The second kappa shape index (κ2) is 6.10. The molecule has 0 amide bonds. The predicted molar refractivity (Wildman–Crippen MR) is 101 cm³/mol. The third-order valence-corrected chi connectivity index (χ3v) is 6.14. The van der Waals surface area contributed by atoms with Gasteiger partial charge < -0.3 is 5.11 Å².